The predicted octanol–water partition coefficient (Wildman–Crippen LogP) is 1.00. The van der Waals surface area contributed by atoms with Gasteiger partial charge in [0.15, 0.2) is 0 Å². The largest absolute Gasteiger partial charge is 0.342 e. The van der Waals surface area contributed by atoms with Gasteiger partial charge in [0.2, 0.25) is 11.8 Å². The monoisotopic (exact) mass is 278 g/mol. The van der Waals surface area contributed by atoms with Crippen molar-refractivity contribution in [3.63, 3.8) is 0 Å². The number of aromatic nitrogens is 2. The molecule has 2 amide bonds. The van der Waals surface area contributed by atoms with Gasteiger partial charge in [-0.15, -0.1) is 0 Å². The molecule has 0 aliphatic carbocycles. The lowest BCUT2D eigenvalue weighted by Gasteiger charge is -2.37. The van der Waals surface area contributed by atoms with Crippen LogP contribution in [0.4, 0.5) is 5.69 Å². The Labute approximate surface area is 119 Å². The van der Waals surface area contributed by atoms with Crippen molar-refractivity contribution in [2.24, 2.45) is 7.05 Å². The lowest BCUT2D eigenvalue weighted by molar-refractivity contribution is -0.133. The van der Waals surface area contributed by atoms with E-state index in [9.17, 15) is 9.59 Å². The van der Waals surface area contributed by atoms with E-state index >= 15 is 0 Å². The molecule has 1 saturated heterocycles. The second-order valence-corrected chi connectivity index (χ2v) is 5.22. The van der Waals surface area contributed by atoms with Gasteiger partial charge in [0, 0.05) is 13.2 Å². The van der Waals surface area contributed by atoms with Gasteiger partial charge in [0.1, 0.15) is 12.1 Å². The van der Waals surface area contributed by atoms with Crippen molar-refractivity contribution in [2.75, 3.05) is 4.90 Å². The van der Waals surface area contributed by atoms with Crippen LogP contribution in [0, 0.1) is 0 Å². The van der Waals surface area contributed by atoms with Gasteiger partial charge in [-0.05, 0) is 19.8 Å². The first-order valence-electron chi connectivity index (χ1n) is 7.15. The summed E-state index contributed by atoms with van der Waals surface area (Å²) in [5.41, 5.74) is 1.60. The van der Waals surface area contributed by atoms with Crippen LogP contribution < -0.4 is 10.2 Å². The van der Waals surface area contributed by atoms with Gasteiger partial charge in [-0.3, -0.25) is 19.2 Å². The number of anilines is 1. The SMILES string of the molecule is CCCC1NC(=O)C(C)N(c2cn(C)nc2CC)C1=O. The fraction of sp³-hybridized carbons (Fsp3) is 0.643. The van der Waals surface area contributed by atoms with Crippen molar-refractivity contribution < 1.29 is 9.59 Å². The number of carbonyl (C=O) groups excluding carboxylic acids is 2. The zero-order chi connectivity index (χ0) is 14.9. The molecule has 0 bridgehead atoms. The molecule has 1 N–H and O–H groups in total. The molecule has 0 radical (unpaired) electrons. The molecule has 1 aliphatic rings. The zero-order valence-electron chi connectivity index (χ0n) is 12.5. The molecule has 1 aromatic rings. The van der Waals surface area contributed by atoms with Crippen molar-refractivity contribution in [1.29, 1.82) is 0 Å². The van der Waals surface area contributed by atoms with Crippen LogP contribution in [0.5, 0.6) is 0 Å². The second kappa shape index (κ2) is 5.64. The number of hydrogen-bond acceptors (Lipinski definition) is 3. The lowest BCUT2D eigenvalue weighted by Crippen LogP contribution is -2.62. The summed E-state index contributed by atoms with van der Waals surface area (Å²) in [6, 6.07) is -0.918. The molecule has 2 unspecified atom stereocenters. The van der Waals surface area contributed by atoms with Gasteiger partial charge in [0.05, 0.1) is 11.4 Å². The molecular weight excluding hydrogens is 256 g/mol. The fourth-order valence-electron chi connectivity index (χ4n) is 2.62. The smallest absolute Gasteiger partial charge is 0.250 e. The predicted molar refractivity (Wildman–Crippen MR) is 76.4 cm³/mol. The highest BCUT2D eigenvalue weighted by atomic mass is 16.2. The van der Waals surface area contributed by atoms with Gasteiger partial charge in [-0.25, -0.2) is 0 Å². The van der Waals surface area contributed by atoms with Gasteiger partial charge in [-0.1, -0.05) is 20.3 Å². The number of nitrogens with one attached hydrogen (secondary N) is 1. The molecule has 2 heterocycles. The second-order valence-electron chi connectivity index (χ2n) is 5.22. The molecule has 0 aromatic carbocycles. The van der Waals surface area contributed by atoms with Crippen LogP contribution in [0.25, 0.3) is 0 Å². The Kier molecular flexibility index (Phi) is 4.11. The highest BCUT2D eigenvalue weighted by Crippen LogP contribution is 2.26. The third kappa shape index (κ3) is 2.42. The van der Waals surface area contributed by atoms with Gasteiger partial charge in [-0.2, -0.15) is 5.10 Å². The third-order valence-electron chi connectivity index (χ3n) is 3.67. The average Bonchev–Trinajstić information content (AvgIpc) is 2.77. The highest BCUT2D eigenvalue weighted by molar-refractivity contribution is 6.08. The van der Waals surface area contributed by atoms with Gasteiger partial charge >= 0.3 is 0 Å². The van der Waals surface area contributed by atoms with Crippen molar-refractivity contribution in [3.05, 3.63) is 11.9 Å². The molecule has 1 aromatic heterocycles. The summed E-state index contributed by atoms with van der Waals surface area (Å²) < 4.78 is 1.69. The molecule has 110 valence electrons. The molecule has 0 spiro atoms. The maximum atomic E-state index is 12.6. The summed E-state index contributed by atoms with van der Waals surface area (Å²) in [5.74, 6) is -0.143. The molecular formula is C14H22N4O2. The van der Waals surface area contributed by atoms with E-state index < -0.39 is 12.1 Å². The molecule has 6 heteroatoms. The summed E-state index contributed by atoms with van der Waals surface area (Å²) in [4.78, 5) is 26.3. The van der Waals surface area contributed by atoms with Crippen molar-refractivity contribution in [3.8, 4) is 0 Å². The maximum absolute atomic E-state index is 12.6. The first-order valence-corrected chi connectivity index (χ1v) is 7.15. The molecule has 1 fully saturated rings. The van der Waals surface area contributed by atoms with E-state index in [1.807, 2.05) is 27.1 Å². The van der Waals surface area contributed by atoms with Crippen LogP contribution in [0.15, 0.2) is 6.20 Å². The number of aryl methyl sites for hydroxylation is 2. The van der Waals surface area contributed by atoms with Crippen LogP contribution in [-0.4, -0.2) is 33.7 Å². The maximum Gasteiger partial charge on any atom is 0.250 e. The molecule has 1 aliphatic heterocycles. The van der Waals surface area contributed by atoms with Crippen LogP contribution >= 0.6 is 0 Å². The number of rotatable bonds is 4. The summed E-state index contributed by atoms with van der Waals surface area (Å²) >= 11 is 0. The summed E-state index contributed by atoms with van der Waals surface area (Å²) in [6.45, 7) is 5.75. The Morgan fingerprint density at radius 3 is 2.65 bits per heavy atom. The first-order chi connectivity index (χ1) is 9.49. The number of carbonyl (C=O) groups is 2. The standard InChI is InChI=1S/C14H22N4O2/c1-5-7-11-14(20)18(9(3)13(19)15-11)12-8-17(4)16-10(12)6-2/h8-9,11H,5-7H2,1-4H3,(H,15,19). The van der Waals surface area contributed by atoms with Crippen molar-refractivity contribution in [2.45, 2.75) is 52.1 Å². The Morgan fingerprint density at radius 2 is 2.05 bits per heavy atom. The minimum atomic E-state index is -0.495. The highest BCUT2D eigenvalue weighted by Gasteiger charge is 2.39. The van der Waals surface area contributed by atoms with Gasteiger partial charge < -0.3 is 5.32 Å². The Morgan fingerprint density at radius 1 is 1.35 bits per heavy atom. The Bertz CT molecular complexity index is 523. The summed E-state index contributed by atoms with van der Waals surface area (Å²) in [6.07, 6.45) is 4.06. The van der Waals surface area contributed by atoms with Gasteiger partial charge in [0.25, 0.3) is 0 Å². The Hall–Kier alpha value is -1.85. The number of piperazine rings is 1. The number of amides is 2. The van der Waals surface area contributed by atoms with E-state index in [0.29, 0.717) is 6.42 Å². The molecule has 2 atom stereocenters. The van der Waals surface area contributed by atoms with Crippen LogP contribution in [0.1, 0.15) is 39.3 Å². The molecule has 20 heavy (non-hydrogen) atoms. The van der Waals surface area contributed by atoms with E-state index in [0.717, 1.165) is 24.2 Å². The fourth-order valence-corrected chi connectivity index (χ4v) is 2.62. The minimum Gasteiger partial charge on any atom is -0.342 e. The summed E-state index contributed by atoms with van der Waals surface area (Å²) in [5, 5.41) is 7.16. The van der Waals surface area contributed by atoms with Crippen LogP contribution in [0.3, 0.4) is 0 Å². The number of nitrogens with zero attached hydrogens (tertiary/aromatic N) is 3. The van der Waals surface area contributed by atoms with Crippen LogP contribution in [0.2, 0.25) is 0 Å². The van der Waals surface area contributed by atoms with E-state index in [4.69, 9.17) is 0 Å². The number of hydrogen-bond donors (Lipinski definition) is 1. The van der Waals surface area contributed by atoms with E-state index in [1.54, 1.807) is 16.5 Å². The molecule has 6 nitrogen and oxygen atoms in total. The zero-order valence-corrected chi connectivity index (χ0v) is 12.5. The minimum absolute atomic E-state index is 0.0401. The van der Waals surface area contributed by atoms with E-state index in [-0.39, 0.29) is 11.8 Å². The first kappa shape index (κ1) is 14.6. The van der Waals surface area contributed by atoms with Crippen LogP contribution in [-0.2, 0) is 23.1 Å². The molecule has 2 rings (SSSR count). The molecule has 0 saturated carbocycles. The quantitative estimate of drug-likeness (QED) is 0.893. The Balaban J connectivity index is 2.40. The van der Waals surface area contributed by atoms with Crippen molar-refractivity contribution in [1.82, 2.24) is 15.1 Å². The average molecular weight is 278 g/mol. The third-order valence-corrected chi connectivity index (χ3v) is 3.67. The summed E-state index contributed by atoms with van der Waals surface area (Å²) in [7, 11) is 1.82. The van der Waals surface area contributed by atoms with E-state index in [1.165, 1.54) is 0 Å². The van der Waals surface area contributed by atoms with Crippen molar-refractivity contribution >= 4 is 17.5 Å². The normalized spacial score (nSPS) is 23.1. The topological polar surface area (TPSA) is 67.2 Å². The lowest BCUT2D eigenvalue weighted by atomic mass is 10.0. The van der Waals surface area contributed by atoms with E-state index in [2.05, 4.69) is 10.4 Å².